The molecule has 0 aliphatic carbocycles. The van der Waals surface area contributed by atoms with E-state index < -0.39 is 0 Å². The van der Waals surface area contributed by atoms with Crippen molar-refractivity contribution in [1.29, 1.82) is 0 Å². The van der Waals surface area contributed by atoms with Crippen molar-refractivity contribution in [2.45, 2.75) is 0 Å². The highest BCUT2D eigenvalue weighted by Crippen LogP contribution is 2.15. The summed E-state index contributed by atoms with van der Waals surface area (Å²) in [7, 11) is 0. The second kappa shape index (κ2) is 5.46. The third-order valence-electron chi connectivity index (χ3n) is 2.06. The number of anilines is 1. The molecule has 0 bridgehead atoms. The Labute approximate surface area is 110 Å². The van der Waals surface area contributed by atoms with E-state index in [1.54, 1.807) is 24.3 Å². The van der Waals surface area contributed by atoms with Crippen molar-refractivity contribution in [1.82, 2.24) is 10.2 Å². The highest BCUT2D eigenvalue weighted by Gasteiger charge is 2.02. The van der Waals surface area contributed by atoms with Crippen molar-refractivity contribution in [2.24, 2.45) is 5.10 Å². The fraction of sp³-hybridized carbons (Fsp3) is 0. The van der Waals surface area contributed by atoms with E-state index in [1.165, 1.54) is 12.4 Å². The van der Waals surface area contributed by atoms with Gasteiger partial charge in [-0.2, -0.15) is 10.2 Å². The first kappa shape index (κ1) is 12.3. The maximum absolute atomic E-state index is 11.2. The number of phenols is 1. The summed E-state index contributed by atoms with van der Waals surface area (Å²) in [4.78, 5) is 11.2. The van der Waals surface area contributed by atoms with Crippen LogP contribution in [0.3, 0.4) is 0 Å². The first-order valence-electron chi connectivity index (χ1n) is 4.98. The van der Waals surface area contributed by atoms with Gasteiger partial charge in [-0.3, -0.25) is 10.2 Å². The van der Waals surface area contributed by atoms with Gasteiger partial charge in [0.25, 0.3) is 5.56 Å². The average molecular weight is 309 g/mol. The first-order chi connectivity index (χ1) is 8.66. The lowest BCUT2D eigenvalue weighted by Crippen LogP contribution is -2.10. The van der Waals surface area contributed by atoms with E-state index in [4.69, 9.17) is 0 Å². The molecule has 0 fully saturated rings. The number of hydrogen-bond donors (Lipinski definition) is 3. The molecule has 0 unspecified atom stereocenters. The van der Waals surface area contributed by atoms with E-state index in [1.807, 2.05) is 0 Å². The van der Waals surface area contributed by atoms with E-state index in [0.29, 0.717) is 10.2 Å². The molecular weight excluding hydrogens is 300 g/mol. The molecule has 2 rings (SSSR count). The van der Waals surface area contributed by atoms with Crippen LogP contribution >= 0.6 is 15.9 Å². The van der Waals surface area contributed by atoms with E-state index in [0.717, 1.165) is 5.56 Å². The summed E-state index contributed by atoms with van der Waals surface area (Å²) in [6.07, 6.45) is 2.96. The second-order valence-corrected chi connectivity index (χ2v) is 4.18. The predicted molar refractivity (Wildman–Crippen MR) is 71.9 cm³/mol. The number of aromatic amines is 1. The minimum absolute atomic E-state index is 0.165. The summed E-state index contributed by atoms with van der Waals surface area (Å²) in [6.45, 7) is 0. The van der Waals surface area contributed by atoms with Crippen LogP contribution in [0.15, 0.2) is 44.8 Å². The van der Waals surface area contributed by atoms with E-state index >= 15 is 0 Å². The van der Waals surface area contributed by atoms with Crippen LogP contribution in [0.1, 0.15) is 5.56 Å². The number of aromatic nitrogens is 2. The minimum Gasteiger partial charge on any atom is -0.508 e. The van der Waals surface area contributed by atoms with E-state index in [-0.39, 0.29) is 11.3 Å². The minimum atomic E-state index is -0.340. The fourth-order valence-electron chi connectivity index (χ4n) is 1.24. The predicted octanol–water partition coefficient (Wildman–Crippen LogP) is 1.68. The smallest absolute Gasteiger partial charge is 0.280 e. The zero-order valence-corrected chi connectivity index (χ0v) is 10.7. The van der Waals surface area contributed by atoms with Gasteiger partial charge in [0.1, 0.15) is 10.2 Å². The van der Waals surface area contributed by atoms with Gasteiger partial charge in [-0.15, -0.1) is 0 Å². The molecule has 2 aromatic rings. The molecule has 0 radical (unpaired) electrons. The molecule has 7 heteroatoms. The average Bonchev–Trinajstić information content (AvgIpc) is 2.35. The lowest BCUT2D eigenvalue weighted by molar-refractivity contribution is 0.475. The second-order valence-electron chi connectivity index (χ2n) is 3.39. The number of hydrogen-bond acceptors (Lipinski definition) is 5. The fourth-order valence-corrected chi connectivity index (χ4v) is 1.52. The number of benzene rings is 1. The zero-order valence-electron chi connectivity index (χ0n) is 9.09. The molecule has 6 nitrogen and oxygen atoms in total. The third kappa shape index (κ3) is 2.95. The Hall–Kier alpha value is -2.15. The molecule has 3 N–H and O–H groups in total. The molecule has 18 heavy (non-hydrogen) atoms. The number of halogens is 1. The zero-order chi connectivity index (χ0) is 13.0. The summed E-state index contributed by atoms with van der Waals surface area (Å²) < 4.78 is 0.325. The monoisotopic (exact) mass is 308 g/mol. The Morgan fingerprint density at radius 1 is 1.50 bits per heavy atom. The van der Waals surface area contributed by atoms with Gasteiger partial charge in [0.15, 0.2) is 0 Å². The Morgan fingerprint density at radius 2 is 2.33 bits per heavy atom. The van der Waals surface area contributed by atoms with Gasteiger partial charge in [0.05, 0.1) is 18.1 Å². The highest BCUT2D eigenvalue weighted by molar-refractivity contribution is 9.10. The largest absolute Gasteiger partial charge is 0.508 e. The van der Waals surface area contributed by atoms with Crippen LogP contribution in [0.2, 0.25) is 0 Å². The number of nitrogens with zero attached hydrogens (tertiary/aromatic N) is 2. The van der Waals surface area contributed by atoms with E-state index in [2.05, 4.69) is 36.7 Å². The van der Waals surface area contributed by atoms with Gasteiger partial charge in [-0.05, 0) is 33.6 Å². The molecule has 0 aliphatic rings. The number of phenolic OH excluding ortho intramolecular Hbond substituents is 1. The Bertz CT molecular complexity index is 639. The standard InChI is InChI=1S/C11H9BrN4O2/c12-10-9(6-14-16-11(10)18)15-13-5-7-2-1-3-8(17)4-7/h1-6,17H,(H2,15,16,18). The molecular formula is C11H9BrN4O2. The Morgan fingerprint density at radius 3 is 3.11 bits per heavy atom. The van der Waals surface area contributed by atoms with Crippen molar-refractivity contribution in [2.75, 3.05) is 5.43 Å². The van der Waals surface area contributed by atoms with Crippen LogP contribution in [0.25, 0.3) is 0 Å². The lowest BCUT2D eigenvalue weighted by Gasteiger charge is -2.00. The van der Waals surface area contributed by atoms with Gasteiger partial charge in [-0.25, -0.2) is 5.10 Å². The first-order valence-corrected chi connectivity index (χ1v) is 5.77. The number of aromatic hydroxyl groups is 1. The Kier molecular flexibility index (Phi) is 3.73. The molecule has 1 heterocycles. The maximum atomic E-state index is 11.2. The summed E-state index contributed by atoms with van der Waals surface area (Å²) in [5.41, 5.74) is 3.53. The number of rotatable bonds is 3. The topological polar surface area (TPSA) is 90.4 Å². The van der Waals surface area contributed by atoms with Gasteiger partial charge >= 0.3 is 0 Å². The van der Waals surface area contributed by atoms with Crippen molar-refractivity contribution in [3.63, 3.8) is 0 Å². The number of H-pyrrole nitrogens is 1. The summed E-state index contributed by atoms with van der Waals surface area (Å²) in [5, 5.41) is 19.1. The summed E-state index contributed by atoms with van der Waals surface area (Å²) in [6, 6.07) is 6.63. The van der Waals surface area contributed by atoms with Crippen LogP contribution in [-0.2, 0) is 0 Å². The van der Waals surface area contributed by atoms with Gasteiger partial charge in [-0.1, -0.05) is 12.1 Å². The molecule has 0 spiro atoms. The molecule has 0 aliphatic heterocycles. The van der Waals surface area contributed by atoms with E-state index in [9.17, 15) is 9.90 Å². The van der Waals surface area contributed by atoms with Crippen LogP contribution in [0, 0.1) is 0 Å². The number of hydrazone groups is 1. The van der Waals surface area contributed by atoms with Crippen LogP contribution < -0.4 is 11.0 Å². The summed E-state index contributed by atoms with van der Waals surface area (Å²) in [5.74, 6) is 0.165. The molecule has 92 valence electrons. The molecule has 1 aromatic carbocycles. The van der Waals surface area contributed by atoms with Gasteiger partial charge in [0.2, 0.25) is 0 Å². The molecule has 0 amide bonds. The lowest BCUT2D eigenvalue weighted by atomic mass is 10.2. The van der Waals surface area contributed by atoms with Crippen LogP contribution in [-0.4, -0.2) is 21.5 Å². The van der Waals surface area contributed by atoms with Crippen LogP contribution in [0.4, 0.5) is 5.69 Å². The van der Waals surface area contributed by atoms with Crippen molar-refractivity contribution < 1.29 is 5.11 Å². The summed E-state index contributed by atoms with van der Waals surface area (Å²) >= 11 is 3.12. The van der Waals surface area contributed by atoms with Crippen molar-refractivity contribution in [3.05, 3.63) is 50.9 Å². The molecule has 0 saturated heterocycles. The highest BCUT2D eigenvalue weighted by atomic mass is 79.9. The van der Waals surface area contributed by atoms with Crippen molar-refractivity contribution >= 4 is 27.8 Å². The molecule has 0 atom stereocenters. The third-order valence-corrected chi connectivity index (χ3v) is 2.85. The Balaban J connectivity index is 2.12. The molecule has 0 saturated carbocycles. The normalized spacial score (nSPS) is 10.7. The quantitative estimate of drug-likeness (QED) is 0.594. The van der Waals surface area contributed by atoms with Gasteiger partial charge < -0.3 is 5.11 Å². The van der Waals surface area contributed by atoms with Crippen molar-refractivity contribution in [3.8, 4) is 5.75 Å². The molecule has 1 aromatic heterocycles. The van der Waals surface area contributed by atoms with Crippen LogP contribution in [0.5, 0.6) is 5.75 Å². The SMILES string of the molecule is O=c1[nH]ncc(NN=Cc2cccc(O)c2)c1Br. The number of nitrogens with one attached hydrogen (secondary N) is 2. The maximum Gasteiger partial charge on any atom is 0.280 e. The van der Waals surface area contributed by atoms with Gasteiger partial charge in [0, 0.05) is 0 Å².